The number of hydrogen-bond acceptors (Lipinski definition) is 6. The summed E-state index contributed by atoms with van der Waals surface area (Å²) in [5, 5.41) is 15.1. The van der Waals surface area contributed by atoms with E-state index in [1.165, 1.54) is 0 Å². The maximum absolute atomic E-state index is 10.3. The van der Waals surface area contributed by atoms with Gasteiger partial charge in [-0.15, -0.1) is 0 Å². The fourth-order valence-corrected chi connectivity index (χ4v) is 3.64. The number of aromatic nitrogens is 2. The van der Waals surface area contributed by atoms with Gasteiger partial charge in [0.25, 0.3) is 0 Å². The van der Waals surface area contributed by atoms with E-state index in [9.17, 15) is 5.11 Å². The molecule has 0 aliphatic heterocycles. The largest absolute Gasteiger partial charge is 0.497 e. The molecule has 0 radical (unpaired) electrons. The normalized spacial score (nSPS) is 12.2. The number of rotatable bonds is 12. The first kappa shape index (κ1) is 23.8. The van der Waals surface area contributed by atoms with Crippen LogP contribution in [0.1, 0.15) is 24.6 Å². The molecule has 0 fully saturated rings. The van der Waals surface area contributed by atoms with Gasteiger partial charge in [0.1, 0.15) is 11.5 Å². The van der Waals surface area contributed by atoms with Crippen molar-refractivity contribution in [2.45, 2.75) is 32.9 Å². The van der Waals surface area contributed by atoms with Crippen LogP contribution in [0.15, 0.2) is 54.6 Å². The Kier molecular flexibility index (Phi) is 8.67. The van der Waals surface area contributed by atoms with Crippen LogP contribution < -0.4 is 9.47 Å². The summed E-state index contributed by atoms with van der Waals surface area (Å²) in [6.45, 7) is 6.39. The fraction of sp³-hybridized carbons (Fsp3) is 0.400. The lowest BCUT2D eigenvalue weighted by molar-refractivity contribution is 0.0356. The molecule has 1 aromatic heterocycles. The lowest BCUT2D eigenvalue weighted by Crippen LogP contribution is -2.35. The highest BCUT2D eigenvalue weighted by Gasteiger charge is 2.22. The number of ether oxygens (including phenoxy) is 3. The number of aryl methyl sites for hydroxylation is 1. The number of aliphatic hydroxyl groups is 1. The van der Waals surface area contributed by atoms with Crippen LogP contribution in [0, 0.1) is 6.92 Å². The Balaban J connectivity index is 1.97. The maximum atomic E-state index is 10.3. The molecular weight excluding hydrogens is 406 g/mol. The number of methoxy groups -OCH3 is 2. The Bertz CT molecular complexity index is 957. The molecule has 0 unspecified atom stereocenters. The molecule has 0 aliphatic rings. The first-order chi connectivity index (χ1) is 15.5. The average Bonchev–Trinajstić information content (AvgIpc) is 3.10. The predicted octanol–water partition coefficient (Wildman–Crippen LogP) is 4.20. The summed E-state index contributed by atoms with van der Waals surface area (Å²) in [7, 11) is 3.24. The summed E-state index contributed by atoms with van der Waals surface area (Å²) in [4.78, 5) is 2.21. The predicted molar refractivity (Wildman–Crippen MR) is 125 cm³/mol. The molecule has 0 amide bonds. The van der Waals surface area contributed by atoms with Crippen LogP contribution in [0.4, 0.5) is 0 Å². The van der Waals surface area contributed by atoms with Gasteiger partial charge in [0.15, 0.2) is 0 Å². The standard InChI is InChI=1S/C25H33N3O4/c1-5-15-27(16-21(29)18-30-3)17-24-19(2)26-28(20-9-7-6-8-10-20)25(24)32-23-13-11-22(31-4)12-14-23/h6-14,21,29H,5,15-18H2,1-4H3/t21-/m1/s1. The minimum Gasteiger partial charge on any atom is -0.497 e. The molecule has 0 bridgehead atoms. The van der Waals surface area contributed by atoms with Crippen LogP contribution in [0.2, 0.25) is 0 Å². The Morgan fingerprint density at radius 3 is 2.34 bits per heavy atom. The zero-order chi connectivity index (χ0) is 22.9. The Morgan fingerprint density at radius 1 is 1.03 bits per heavy atom. The minimum atomic E-state index is -0.554. The summed E-state index contributed by atoms with van der Waals surface area (Å²) in [5.41, 5.74) is 2.80. The summed E-state index contributed by atoms with van der Waals surface area (Å²) >= 11 is 0. The van der Waals surface area contributed by atoms with Crippen LogP contribution >= 0.6 is 0 Å². The van der Waals surface area contributed by atoms with E-state index < -0.39 is 6.10 Å². The van der Waals surface area contributed by atoms with E-state index in [0.717, 1.165) is 35.7 Å². The third kappa shape index (κ3) is 6.09. The molecule has 3 aromatic rings. The van der Waals surface area contributed by atoms with Gasteiger partial charge < -0.3 is 19.3 Å². The molecule has 2 aromatic carbocycles. The van der Waals surface area contributed by atoms with Crippen LogP contribution in [-0.4, -0.2) is 59.8 Å². The summed E-state index contributed by atoms with van der Waals surface area (Å²) < 4.78 is 18.6. The van der Waals surface area contributed by atoms with Gasteiger partial charge in [-0.3, -0.25) is 4.90 Å². The molecule has 0 saturated carbocycles. The first-order valence-electron chi connectivity index (χ1n) is 10.9. The molecule has 7 nitrogen and oxygen atoms in total. The van der Waals surface area contributed by atoms with Crippen molar-refractivity contribution >= 4 is 0 Å². The van der Waals surface area contributed by atoms with Crippen LogP contribution in [0.25, 0.3) is 5.69 Å². The van der Waals surface area contributed by atoms with Gasteiger partial charge in [0, 0.05) is 20.2 Å². The molecule has 0 spiro atoms. The third-order valence-electron chi connectivity index (χ3n) is 5.16. The van der Waals surface area contributed by atoms with Crippen LogP contribution in [0.3, 0.4) is 0 Å². The molecule has 7 heteroatoms. The van der Waals surface area contributed by atoms with Gasteiger partial charge in [0.05, 0.1) is 36.8 Å². The number of hydrogen-bond donors (Lipinski definition) is 1. The summed E-state index contributed by atoms with van der Waals surface area (Å²) in [5.74, 6) is 2.14. The second-order valence-corrected chi connectivity index (χ2v) is 7.74. The van der Waals surface area contributed by atoms with Gasteiger partial charge in [-0.25, -0.2) is 4.68 Å². The number of nitrogens with zero attached hydrogens (tertiary/aromatic N) is 3. The molecular formula is C25H33N3O4. The zero-order valence-corrected chi connectivity index (χ0v) is 19.3. The number of benzene rings is 2. The molecule has 1 heterocycles. The van der Waals surface area contributed by atoms with E-state index in [4.69, 9.17) is 19.3 Å². The van der Waals surface area contributed by atoms with Crippen molar-refractivity contribution < 1.29 is 19.3 Å². The van der Waals surface area contributed by atoms with Gasteiger partial charge in [-0.1, -0.05) is 25.1 Å². The zero-order valence-electron chi connectivity index (χ0n) is 19.3. The highest BCUT2D eigenvalue weighted by molar-refractivity contribution is 5.44. The summed E-state index contributed by atoms with van der Waals surface area (Å²) in [6.07, 6.45) is 0.419. The van der Waals surface area contributed by atoms with E-state index in [-0.39, 0.29) is 0 Å². The van der Waals surface area contributed by atoms with Gasteiger partial charge >= 0.3 is 0 Å². The van der Waals surface area contributed by atoms with Gasteiger partial charge in [-0.2, -0.15) is 5.10 Å². The lowest BCUT2D eigenvalue weighted by atomic mass is 10.2. The number of aliphatic hydroxyl groups excluding tert-OH is 1. The van der Waals surface area contributed by atoms with Crippen molar-refractivity contribution in [2.75, 3.05) is 33.9 Å². The van der Waals surface area contributed by atoms with Crippen molar-refractivity contribution in [1.82, 2.24) is 14.7 Å². The van der Waals surface area contributed by atoms with Crippen LogP contribution in [0.5, 0.6) is 17.4 Å². The number of para-hydroxylation sites is 1. The van der Waals surface area contributed by atoms with Crippen molar-refractivity contribution in [3.05, 3.63) is 65.9 Å². The minimum absolute atomic E-state index is 0.303. The second kappa shape index (κ2) is 11.7. The van der Waals surface area contributed by atoms with E-state index in [0.29, 0.717) is 31.3 Å². The Labute approximate surface area is 190 Å². The quantitative estimate of drug-likeness (QED) is 0.456. The van der Waals surface area contributed by atoms with Gasteiger partial charge in [-0.05, 0) is 56.3 Å². The van der Waals surface area contributed by atoms with E-state index in [2.05, 4.69) is 11.8 Å². The Morgan fingerprint density at radius 2 is 1.72 bits per heavy atom. The van der Waals surface area contributed by atoms with Crippen LogP contribution in [-0.2, 0) is 11.3 Å². The van der Waals surface area contributed by atoms with E-state index in [1.54, 1.807) is 14.2 Å². The maximum Gasteiger partial charge on any atom is 0.227 e. The monoisotopic (exact) mass is 439 g/mol. The smallest absolute Gasteiger partial charge is 0.227 e. The second-order valence-electron chi connectivity index (χ2n) is 7.74. The van der Waals surface area contributed by atoms with Crippen molar-refractivity contribution in [1.29, 1.82) is 0 Å². The first-order valence-corrected chi connectivity index (χ1v) is 10.9. The molecule has 172 valence electrons. The topological polar surface area (TPSA) is 69.0 Å². The lowest BCUT2D eigenvalue weighted by Gasteiger charge is -2.24. The van der Waals surface area contributed by atoms with Crippen molar-refractivity contribution in [2.24, 2.45) is 0 Å². The third-order valence-corrected chi connectivity index (χ3v) is 5.16. The molecule has 0 saturated heterocycles. The van der Waals surface area contributed by atoms with Gasteiger partial charge in [0.2, 0.25) is 5.88 Å². The highest BCUT2D eigenvalue weighted by atomic mass is 16.5. The Hall–Kier alpha value is -2.87. The molecule has 32 heavy (non-hydrogen) atoms. The van der Waals surface area contributed by atoms with Crippen molar-refractivity contribution in [3.63, 3.8) is 0 Å². The van der Waals surface area contributed by atoms with E-state index >= 15 is 0 Å². The van der Waals surface area contributed by atoms with Crippen molar-refractivity contribution in [3.8, 4) is 23.1 Å². The fourth-order valence-electron chi connectivity index (χ4n) is 3.64. The molecule has 1 atom stereocenters. The summed E-state index contributed by atoms with van der Waals surface area (Å²) in [6, 6.07) is 17.4. The van der Waals surface area contributed by atoms with E-state index in [1.807, 2.05) is 66.2 Å². The molecule has 0 aliphatic carbocycles. The molecule has 3 rings (SSSR count). The average molecular weight is 440 g/mol. The SMILES string of the molecule is CCCN(Cc1c(C)nn(-c2ccccc2)c1Oc1ccc(OC)cc1)C[C@@H](O)COC. The molecule has 1 N–H and O–H groups in total. The highest BCUT2D eigenvalue weighted by Crippen LogP contribution is 2.32.